The summed E-state index contributed by atoms with van der Waals surface area (Å²) in [6.07, 6.45) is 16.4. The molecular weight excluding hydrogens is 374 g/mol. The summed E-state index contributed by atoms with van der Waals surface area (Å²) in [4.78, 5) is 0. The van der Waals surface area contributed by atoms with Crippen LogP contribution >= 0.6 is 0 Å². The van der Waals surface area contributed by atoms with Crippen LogP contribution in [0.15, 0.2) is 11.6 Å². The lowest BCUT2D eigenvalue weighted by Crippen LogP contribution is -2.55. The van der Waals surface area contributed by atoms with Crippen LogP contribution in [0.25, 0.3) is 0 Å². The van der Waals surface area contributed by atoms with Crippen molar-refractivity contribution >= 4 is 0 Å². The highest BCUT2D eigenvalue weighted by atomic mass is 16.7. The Balaban J connectivity index is 1.32. The minimum Gasteiger partial charge on any atom is -0.389 e. The van der Waals surface area contributed by atoms with Crippen molar-refractivity contribution in [2.75, 3.05) is 13.2 Å². The Kier molecular flexibility index (Phi) is 5.62. The van der Waals surface area contributed by atoms with E-state index in [9.17, 15) is 5.11 Å². The molecule has 30 heavy (non-hydrogen) atoms. The van der Waals surface area contributed by atoms with Crippen molar-refractivity contribution in [2.24, 2.45) is 34.3 Å². The molecule has 0 amide bonds. The van der Waals surface area contributed by atoms with E-state index in [1.165, 1.54) is 38.5 Å². The zero-order valence-electron chi connectivity index (χ0n) is 19.2. The van der Waals surface area contributed by atoms with E-state index in [-0.39, 0.29) is 11.7 Å². The average molecular weight is 418 g/mol. The third kappa shape index (κ3) is 3.24. The molecule has 5 rings (SSSR count). The highest BCUT2D eigenvalue weighted by molar-refractivity contribution is 5.26. The largest absolute Gasteiger partial charge is 0.389 e. The third-order valence-electron chi connectivity index (χ3n) is 10.4. The van der Waals surface area contributed by atoms with Crippen molar-refractivity contribution in [3.8, 4) is 0 Å². The van der Waals surface area contributed by atoms with Crippen molar-refractivity contribution in [3.05, 3.63) is 11.6 Å². The molecule has 4 aliphatic carbocycles. The maximum Gasteiger partial charge on any atom is 0.157 e. The van der Waals surface area contributed by atoms with Gasteiger partial charge in [-0.2, -0.15) is 0 Å². The fourth-order valence-corrected chi connectivity index (χ4v) is 8.54. The Morgan fingerprint density at radius 1 is 1.10 bits per heavy atom. The lowest BCUT2D eigenvalue weighted by atomic mass is 9.47. The van der Waals surface area contributed by atoms with Crippen LogP contribution in [0.1, 0.15) is 90.9 Å². The van der Waals surface area contributed by atoms with E-state index in [4.69, 9.17) is 15.2 Å². The second-order valence-corrected chi connectivity index (χ2v) is 11.6. The molecule has 1 saturated heterocycles. The monoisotopic (exact) mass is 417 g/mol. The molecule has 0 spiro atoms. The van der Waals surface area contributed by atoms with Crippen LogP contribution in [0.3, 0.4) is 0 Å². The van der Waals surface area contributed by atoms with E-state index in [2.05, 4.69) is 19.9 Å². The van der Waals surface area contributed by atoms with Crippen molar-refractivity contribution in [1.82, 2.24) is 0 Å². The predicted molar refractivity (Wildman–Crippen MR) is 119 cm³/mol. The minimum atomic E-state index is -0.548. The van der Waals surface area contributed by atoms with E-state index in [0.717, 1.165) is 57.0 Å². The highest BCUT2D eigenvalue weighted by Crippen LogP contribution is 2.67. The fourth-order valence-electron chi connectivity index (χ4n) is 8.54. The summed E-state index contributed by atoms with van der Waals surface area (Å²) in [7, 11) is 0. The first kappa shape index (κ1) is 21.4. The standard InChI is InChI=1S/C26H43NO3/c1-24-11-8-19(30-23-5-3-4-16-29-23)17-18(24)6-7-20-21(24)9-12-25(2)22(20)10-13-26(25,28)14-15-27/h6,19-23,28H,3-5,7-17,27H2,1-2H3/t19-,20-,21+,22+,23-,24+,25+,26-/m1/s1. The van der Waals surface area contributed by atoms with Crippen LogP contribution in [0.4, 0.5) is 0 Å². The molecule has 0 bridgehead atoms. The molecule has 0 aromatic rings. The maximum absolute atomic E-state index is 11.5. The molecule has 4 heteroatoms. The fraction of sp³-hybridized carbons (Fsp3) is 0.923. The molecule has 0 aromatic heterocycles. The molecule has 1 heterocycles. The van der Waals surface area contributed by atoms with E-state index in [1.54, 1.807) is 5.57 Å². The van der Waals surface area contributed by atoms with Gasteiger partial charge < -0.3 is 20.3 Å². The Bertz CT molecular complexity index is 673. The Morgan fingerprint density at radius 3 is 2.70 bits per heavy atom. The third-order valence-corrected chi connectivity index (χ3v) is 10.4. The number of ether oxygens (including phenoxy) is 2. The smallest absolute Gasteiger partial charge is 0.157 e. The molecule has 0 unspecified atom stereocenters. The van der Waals surface area contributed by atoms with E-state index >= 15 is 0 Å². The van der Waals surface area contributed by atoms with Crippen LogP contribution in [-0.4, -0.2) is 36.3 Å². The lowest BCUT2D eigenvalue weighted by molar-refractivity contribution is -0.195. The van der Waals surface area contributed by atoms with Gasteiger partial charge in [-0.05, 0) is 112 Å². The number of allylic oxidation sites excluding steroid dienone is 1. The van der Waals surface area contributed by atoms with Crippen molar-refractivity contribution in [2.45, 2.75) is 109 Å². The van der Waals surface area contributed by atoms with Gasteiger partial charge in [0, 0.05) is 6.61 Å². The summed E-state index contributed by atoms with van der Waals surface area (Å²) >= 11 is 0. The molecule has 5 aliphatic rings. The Hall–Kier alpha value is -0.420. The Labute approximate surface area is 183 Å². The predicted octanol–water partition coefficient (Wildman–Crippen LogP) is 4.94. The zero-order chi connectivity index (χ0) is 21.0. The average Bonchev–Trinajstić information content (AvgIpc) is 3.00. The molecule has 170 valence electrons. The summed E-state index contributed by atoms with van der Waals surface area (Å²) in [5.41, 5.74) is 7.39. The summed E-state index contributed by atoms with van der Waals surface area (Å²) in [6.45, 7) is 6.39. The molecular formula is C26H43NO3. The topological polar surface area (TPSA) is 64.7 Å². The normalized spacial score (nSPS) is 50.9. The van der Waals surface area contributed by atoms with Gasteiger partial charge in [0.15, 0.2) is 6.29 Å². The quantitative estimate of drug-likeness (QED) is 0.636. The van der Waals surface area contributed by atoms with Gasteiger partial charge in [-0.3, -0.25) is 0 Å². The first-order chi connectivity index (χ1) is 14.4. The van der Waals surface area contributed by atoms with Gasteiger partial charge in [-0.15, -0.1) is 0 Å². The molecule has 3 N–H and O–H groups in total. The first-order valence-corrected chi connectivity index (χ1v) is 12.8. The number of nitrogens with two attached hydrogens (primary N) is 1. The van der Waals surface area contributed by atoms with Crippen LogP contribution in [0.5, 0.6) is 0 Å². The molecule has 3 saturated carbocycles. The number of hydrogen-bond acceptors (Lipinski definition) is 4. The van der Waals surface area contributed by atoms with Gasteiger partial charge in [-0.1, -0.05) is 25.5 Å². The molecule has 0 aromatic carbocycles. The number of fused-ring (bicyclic) bond motifs is 5. The lowest BCUT2D eigenvalue weighted by Gasteiger charge is -2.59. The van der Waals surface area contributed by atoms with Gasteiger partial charge in [0.25, 0.3) is 0 Å². The molecule has 4 nitrogen and oxygen atoms in total. The second-order valence-electron chi connectivity index (χ2n) is 11.6. The van der Waals surface area contributed by atoms with E-state index < -0.39 is 5.60 Å². The van der Waals surface area contributed by atoms with Crippen molar-refractivity contribution < 1.29 is 14.6 Å². The summed E-state index contributed by atoms with van der Waals surface area (Å²) in [5.74, 6) is 2.14. The number of aliphatic hydroxyl groups is 1. The first-order valence-electron chi connectivity index (χ1n) is 12.8. The summed E-state index contributed by atoms with van der Waals surface area (Å²) in [6, 6.07) is 0. The van der Waals surface area contributed by atoms with Crippen LogP contribution in [0.2, 0.25) is 0 Å². The molecule has 1 aliphatic heterocycles. The van der Waals surface area contributed by atoms with Gasteiger partial charge >= 0.3 is 0 Å². The van der Waals surface area contributed by atoms with Gasteiger partial charge in [-0.25, -0.2) is 0 Å². The zero-order valence-corrected chi connectivity index (χ0v) is 19.2. The molecule has 8 atom stereocenters. The second kappa shape index (κ2) is 7.86. The maximum atomic E-state index is 11.5. The van der Waals surface area contributed by atoms with Crippen molar-refractivity contribution in [3.63, 3.8) is 0 Å². The molecule has 4 fully saturated rings. The van der Waals surface area contributed by atoms with Crippen LogP contribution < -0.4 is 5.73 Å². The van der Waals surface area contributed by atoms with E-state index in [1.807, 2.05) is 0 Å². The van der Waals surface area contributed by atoms with E-state index in [0.29, 0.717) is 24.0 Å². The highest BCUT2D eigenvalue weighted by Gasteiger charge is 2.63. The van der Waals surface area contributed by atoms with Gasteiger partial charge in [0.1, 0.15) is 0 Å². The minimum absolute atomic E-state index is 0.0270. The van der Waals surface area contributed by atoms with Crippen LogP contribution in [-0.2, 0) is 9.47 Å². The summed E-state index contributed by atoms with van der Waals surface area (Å²) in [5, 5.41) is 11.5. The number of hydrogen-bond donors (Lipinski definition) is 2. The van der Waals surface area contributed by atoms with Gasteiger partial charge in [0.05, 0.1) is 11.7 Å². The molecule has 0 radical (unpaired) electrons. The SMILES string of the molecule is C[C@]12CC[C@@H](O[C@@H]3CCCCO3)CC1=CC[C@@H]1[C@@H]2CC[C@@]2(C)[C@H]1CC[C@@]2(O)CCN. The van der Waals surface area contributed by atoms with Gasteiger partial charge in [0.2, 0.25) is 0 Å². The van der Waals surface area contributed by atoms with Crippen molar-refractivity contribution in [1.29, 1.82) is 0 Å². The number of rotatable bonds is 4. The Morgan fingerprint density at radius 2 is 1.93 bits per heavy atom. The van der Waals surface area contributed by atoms with Crippen LogP contribution in [0, 0.1) is 28.6 Å². The summed E-state index contributed by atoms with van der Waals surface area (Å²) < 4.78 is 12.2.